The maximum absolute atomic E-state index is 5.89. The zero-order valence-corrected chi connectivity index (χ0v) is 9.48. The molecular formula is C12H19N3. The lowest BCUT2D eigenvalue weighted by atomic mass is 9.92. The molecule has 1 heterocycles. The number of rotatable bonds is 4. The fourth-order valence-electron chi connectivity index (χ4n) is 2.41. The van der Waals surface area contributed by atoms with E-state index in [0.29, 0.717) is 6.04 Å². The third kappa shape index (κ3) is 1.90. The summed E-state index contributed by atoms with van der Waals surface area (Å²) in [4.78, 5) is 6.70. The van der Waals surface area contributed by atoms with Crippen molar-refractivity contribution in [2.45, 2.75) is 18.9 Å². The highest BCUT2D eigenvalue weighted by Crippen LogP contribution is 2.55. The molecule has 3 nitrogen and oxygen atoms in total. The summed E-state index contributed by atoms with van der Waals surface area (Å²) in [5.74, 6) is 0. The van der Waals surface area contributed by atoms with Gasteiger partial charge in [-0.05, 0) is 45.6 Å². The molecule has 0 amide bonds. The predicted molar refractivity (Wildman–Crippen MR) is 61.4 cm³/mol. The minimum Gasteiger partial charge on any atom is -0.330 e. The number of aromatic nitrogens is 1. The van der Waals surface area contributed by atoms with Crippen molar-refractivity contribution in [3.63, 3.8) is 0 Å². The Balaban J connectivity index is 2.29. The van der Waals surface area contributed by atoms with Crippen LogP contribution >= 0.6 is 0 Å². The molecule has 15 heavy (non-hydrogen) atoms. The average Bonchev–Trinajstić information content (AvgIpc) is 3.00. The molecule has 1 aromatic heterocycles. The van der Waals surface area contributed by atoms with Crippen LogP contribution in [-0.4, -0.2) is 30.5 Å². The van der Waals surface area contributed by atoms with Gasteiger partial charge < -0.3 is 10.6 Å². The summed E-state index contributed by atoms with van der Waals surface area (Å²) in [5, 5.41) is 0. The monoisotopic (exact) mass is 205 g/mol. The van der Waals surface area contributed by atoms with Gasteiger partial charge in [-0.25, -0.2) is 0 Å². The Hall–Kier alpha value is -0.930. The largest absolute Gasteiger partial charge is 0.330 e. The summed E-state index contributed by atoms with van der Waals surface area (Å²) < 4.78 is 0. The molecule has 0 aromatic carbocycles. The van der Waals surface area contributed by atoms with E-state index >= 15 is 0 Å². The van der Waals surface area contributed by atoms with Gasteiger partial charge in [-0.3, -0.25) is 4.98 Å². The van der Waals surface area contributed by atoms with Crippen LogP contribution in [0.15, 0.2) is 24.4 Å². The second-order valence-corrected chi connectivity index (χ2v) is 4.69. The maximum Gasteiger partial charge on any atom is 0.0584 e. The molecule has 1 fully saturated rings. The van der Waals surface area contributed by atoms with Crippen molar-refractivity contribution in [2.75, 3.05) is 20.6 Å². The van der Waals surface area contributed by atoms with E-state index < -0.39 is 0 Å². The average molecular weight is 205 g/mol. The molecule has 0 radical (unpaired) electrons. The van der Waals surface area contributed by atoms with E-state index in [4.69, 9.17) is 5.73 Å². The van der Waals surface area contributed by atoms with E-state index in [9.17, 15) is 0 Å². The number of hydrogen-bond donors (Lipinski definition) is 1. The second kappa shape index (κ2) is 3.91. The molecule has 1 atom stereocenters. The van der Waals surface area contributed by atoms with Gasteiger partial charge in [-0.1, -0.05) is 6.07 Å². The first kappa shape index (κ1) is 10.6. The van der Waals surface area contributed by atoms with E-state index in [0.717, 1.165) is 12.2 Å². The standard InChI is InChI=1S/C12H19N3/c1-15(2)11(12(9-13)6-7-12)10-5-3-4-8-14-10/h3-5,8,11H,6-7,9,13H2,1-2H3. The van der Waals surface area contributed by atoms with Gasteiger partial charge in [-0.15, -0.1) is 0 Å². The fourth-order valence-corrected chi connectivity index (χ4v) is 2.41. The van der Waals surface area contributed by atoms with Gasteiger partial charge in [0.2, 0.25) is 0 Å². The van der Waals surface area contributed by atoms with Gasteiger partial charge in [0, 0.05) is 11.6 Å². The van der Waals surface area contributed by atoms with Gasteiger partial charge in [0.15, 0.2) is 0 Å². The molecular weight excluding hydrogens is 186 g/mol. The van der Waals surface area contributed by atoms with E-state index in [1.807, 2.05) is 18.3 Å². The predicted octanol–water partition coefficient (Wildman–Crippen LogP) is 1.42. The molecule has 1 saturated carbocycles. The lowest BCUT2D eigenvalue weighted by Crippen LogP contribution is -2.34. The number of hydrogen-bond acceptors (Lipinski definition) is 3. The van der Waals surface area contributed by atoms with Crippen LogP contribution in [0.5, 0.6) is 0 Å². The SMILES string of the molecule is CN(C)C(c1ccccn1)C1(CN)CC1. The molecule has 82 valence electrons. The Morgan fingerprint density at radius 2 is 2.20 bits per heavy atom. The Kier molecular flexibility index (Phi) is 2.76. The van der Waals surface area contributed by atoms with Gasteiger partial charge >= 0.3 is 0 Å². The van der Waals surface area contributed by atoms with Crippen LogP contribution in [-0.2, 0) is 0 Å². The second-order valence-electron chi connectivity index (χ2n) is 4.69. The van der Waals surface area contributed by atoms with Crippen molar-refractivity contribution in [3.05, 3.63) is 30.1 Å². The van der Waals surface area contributed by atoms with Crippen molar-refractivity contribution >= 4 is 0 Å². The van der Waals surface area contributed by atoms with Crippen LogP contribution in [0.4, 0.5) is 0 Å². The summed E-state index contributed by atoms with van der Waals surface area (Å²) in [7, 11) is 4.21. The molecule has 1 unspecified atom stereocenters. The Bertz CT molecular complexity index is 317. The molecule has 0 saturated heterocycles. The van der Waals surface area contributed by atoms with Gasteiger partial charge in [0.1, 0.15) is 0 Å². The zero-order chi connectivity index (χ0) is 10.9. The maximum atomic E-state index is 5.89. The van der Waals surface area contributed by atoms with Crippen molar-refractivity contribution in [1.82, 2.24) is 9.88 Å². The summed E-state index contributed by atoms with van der Waals surface area (Å²) >= 11 is 0. The minimum absolute atomic E-state index is 0.276. The molecule has 1 aliphatic carbocycles. The zero-order valence-electron chi connectivity index (χ0n) is 9.48. The van der Waals surface area contributed by atoms with Crippen LogP contribution < -0.4 is 5.73 Å². The van der Waals surface area contributed by atoms with Gasteiger partial charge in [-0.2, -0.15) is 0 Å². The van der Waals surface area contributed by atoms with E-state index in [-0.39, 0.29) is 5.41 Å². The molecule has 0 bridgehead atoms. The van der Waals surface area contributed by atoms with Crippen molar-refractivity contribution < 1.29 is 0 Å². The highest BCUT2D eigenvalue weighted by molar-refractivity contribution is 5.17. The summed E-state index contributed by atoms with van der Waals surface area (Å²) in [6, 6.07) is 6.47. The lowest BCUT2D eigenvalue weighted by Gasteiger charge is -2.31. The molecule has 0 aliphatic heterocycles. The molecule has 2 N–H and O–H groups in total. The number of pyridine rings is 1. The molecule has 3 heteroatoms. The number of nitrogens with zero attached hydrogens (tertiary/aromatic N) is 2. The quantitative estimate of drug-likeness (QED) is 0.808. The van der Waals surface area contributed by atoms with Gasteiger partial charge in [0.25, 0.3) is 0 Å². The highest BCUT2D eigenvalue weighted by atomic mass is 15.1. The highest BCUT2D eigenvalue weighted by Gasteiger charge is 2.50. The fraction of sp³-hybridized carbons (Fsp3) is 0.583. The smallest absolute Gasteiger partial charge is 0.0584 e. The Morgan fingerprint density at radius 3 is 2.60 bits per heavy atom. The van der Waals surface area contributed by atoms with Crippen LogP contribution in [0.25, 0.3) is 0 Å². The molecule has 1 aliphatic rings. The van der Waals surface area contributed by atoms with Gasteiger partial charge in [0.05, 0.1) is 11.7 Å². The summed E-state index contributed by atoms with van der Waals surface area (Å²) in [6.07, 6.45) is 4.31. The van der Waals surface area contributed by atoms with Crippen molar-refractivity contribution in [1.29, 1.82) is 0 Å². The molecule has 0 spiro atoms. The van der Waals surface area contributed by atoms with Crippen LogP contribution in [0.2, 0.25) is 0 Å². The van der Waals surface area contributed by atoms with E-state index in [1.165, 1.54) is 12.8 Å². The third-order valence-corrected chi connectivity index (χ3v) is 3.36. The first-order valence-electron chi connectivity index (χ1n) is 5.47. The van der Waals surface area contributed by atoms with E-state index in [2.05, 4.69) is 30.0 Å². The Labute approximate surface area is 91.3 Å². The molecule has 1 aromatic rings. The van der Waals surface area contributed by atoms with Crippen LogP contribution in [0.1, 0.15) is 24.6 Å². The minimum atomic E-state index is 0.276. The lowest BCUT2D eigenvalue weighted by molar-refractivity contribution is 0.194. The first-order valence-corrected chi connectivity index (χ1v) is 5.47. The summed E-state index contributed by atoms with van der Waals surface area (Å²) in [5.41, 5.74) is 7.31. The van der Waals surface area contributed by atoms with E-state index in [1.54, 1.807) is 0 Å². The van der Waals surface area contributed by atoms with Crippen molar-refractivity contribution in [2.24, 2.45) is 11.1 Å². The van der Waals surface area contributed by atoms with Crippen LogP contribution in [0, 0.1) is 5.41 Å². The normalized spacial score (nSPS) is 20.3. The van der Waals surface area contributed by atoms with Crippen molar-refractivity contribution in [3.8, 4) is 0 Å². The third-order valence-electron chi connectivity index (χ3n) is 3.36. The number of nitrogens with two attached hydrogens (primary N) is 1. The Morgan fingerprint density at radius 1 is 1.47 bits per heavy atom. The van der Waals surface area contributed by atoms with Crippen LogP contribution in [0.3, 0.4) is 0 Å². The molecule has 2 rings (SSSR count). The summed E-state index contributed by atoms with van der Waals surface area (Å²) in [6.45, 7) is 0.756. The topological polar surface area (TPSA) is 42.2 Å². The first-order chi connectivity index (χ1) is 7.19.